The number of carboxylic acid groups (broad SMARTS) is 1. The normalized spacial score (nSPS) is 20.6. The van der Waals surface area contributed by atoms with E-state index in [2.05, 4.69) is 31.1 Å². The topological polar surface area (TPSA) is 113 Å². The van der Waals surface area contributed by atoms with Crippen LogP contribution in [0.2, 0.25) is 0 Å². The number of hydrogen-bond donors (Lipinski definition) is 2. The maximum Gasteiger partial charge on any atom is 0.338 e. The summed E-state index contributed by atoms with van der Waals surface area (Å²) in [6.07, 6.45) is 1.88. The van der Waals surface area contributed by atoms with Gasteiger partial charge in [0.2, 0.25) is 0 Å². The van der Waals surface area contributed by atoms with E-state index in [-0.39, 0.29) is 19.1 Å². The molecule has 1 aromatic heterocycles. The number of nitrogens with zero attached hydrogens (tertiary/aromatic N) is 3. The Labute approximate surface area is 220 Å². The molecule has 0 unspecified atom stereocenters. The average molecular weight is 581 g/mol. The molecule has 2 aromatic rings. The summed E-state index contributed by atoms with van der Waals surface area (Å²) in [4.78, 5) is 35.5. The number of aliphatic imine (C=N–C) groups is 1. The van der Waals surface area contributed by atoms with Gasteiger partial charge in [-0.25, -0.2) is 14.2 Å². The van der Waals surface area contributed by atoms with Gasteiger partial charge in [-0.2, -0.15) is 0 Å². The van der Waals surface area contributed by atoms with Crippen LogP contribution in [0.15, 0.2) is 50.5 Å². The largest absolute Gasteiger partial charge is 0.481 e. The first-order chi connectivity index (χ1) is 17.4. The number of nitrogens with one attached hydrogen (secondary N) is 1. The second-order valence-electron chi connectivity index (χ2n) is 8.28. The first-order valence-electron chi connectivity index (χ1n) is 11.5. The molecule has 36 heavy (non-hydrogen) atoms. The van der Waals surface area contributed by atoms with E-state index in [9.17, 15) is 14.0 Å². The standard InChI is InChI=1S/C24H26BrFN4O5S/c1-2-34-24(33)20-18(13-30-8-9-35-15(12-30)4-6-19(31)32)28-22(23-27-7-10-36-23)29-21(20)16-5-3-14(26)11-17(16)25/h3,5,7,10-11,15,21H,2,4,6,8-9,12-13H2,1H3,(H,28,29)(H,31,32)/t15-,21-/m1/s1. The van der Waals surface area contributed by atoms with E-state index in [1.54, 1.807) is 19.2 Å². The van der Waals surface area contributed by atoms with E-state index >= 15 is 0 Å². The Morgan fingerprint density at radius 1 is 1.42 bits per heavy atom. The molecule has 2 aliphatic rings. The molecule has 192 valence electrons. The minimum Gasteiger partial charge on any atom is -0.481 e. The summed E-state index contributed by atoms with van der Waals surface area (Å²) in [6, 6.07) is 3.52. The molecule has 3 heterocycles. The minimum absolute atomic E-state index is 0.0229. The van der Waals surface area contributed by atoms with Crippen molar-refractivity contribution in [3.05, 3.63) is 61.9 Å². The quantitative estimate of drug-likeness (QED) is 0.433. The summed E-state index contributed by atoms with van der Waals surface area (Å²) in [5.41, 5.74) is 1.56. The number of carboxylic acids is 1. The summed E-state index contributed by atoms with van der Waals surface area (Å²) in [5.74, 6) is -1.29. The van der Waals surface area contributed by atoms with E-state index in [0.717, 1.165) is 0 Å². The van der Waals surface area contributed by atoms with Gasteiger partial charge in [0.05, 0.1) is 24.9 Å². The number of benzene rings is 1. The number of carbonyl (C=O) groups is 2. The number of hydrogen-bond acceptors (Lipinski definition) is 9. The molecule has 1 aromatic carbocycles. The van der Waals surface area contributed by atoms with Crippen molar-refractivity contribution in [1.29, 1.82) is 0 Å². The van der Waals surface area contributed by atoms with Crippen LogP contribution in [0.5, 0.6) is 0 Å². The van der Waals surface area contributed by atoms with Crippen LogP contribution in [-0.4, -0.2) is 71.7 Å². The lowest BCUT2D eigenvalue weighted by Gasteiger charge is -2.35. The Morgan fingerprint density at radius 2 is 2.25 bits per heavy atom. The van der Waals surface area contributed by atoms with Gasteiger partial charge < -0.3 is 19.9 Å². The van der Waals surface area contributed by atoms with Crippen molar-refractivity contribution < 1.29 is 28.6 Å². The van der Waals surface area contributed by atoms with E-state index in [4.69, 9.17) is 19.6 Å². The van der Waals surface area contributed by atoms with Crippen LogP contribution in [0.25, 0.3) is 0 Å². The third-order valence-corrected chi connectivity index (χ3v) is 7.26. The molecule has 2 atom stereocenters. The Kier molecular flexibility index (Phi) is 8.83. The van der Waals surface area contributed by atoms with Crippen LogP contribution < -0.4 is 5.32 Å². The summed E-state index contributed by atoms with van der Waals surface area (Å²) in [5, 5.41) is 14.8. The molecule has 0 radical (unpaired) electrons. The highest BCUT2D eigenvalue weighted by molar-refractivity contribution is 9.10. The van der Waals surface area contributed by atoms with Crippen molar-refractivity contribution in [2.45, 2.75) is 31.9 Å². The van der Waals surface area contributed by atoms with Crippen molar-refractivity contribution >= 4 is 45.0 Å². The first-order valence-corrected chi connectivity index (χ1v) is 13.2. The number of carbonyl (C=O) groups excluding carboxylic acids is 1. The number of ether oxygens (including phenoxy) is 2. The van der Waals surface area contributed by atoms with Crippen LogP contribution >= 0.6 is 27.3 Å². The Hall–Kier alpha value is -2.67. The second kappa shape index (κ2) is 12.0. The van der Waals surface area contributed by atoms with Crippen molar-refractivity contribution in [3.8, 4) is 0 Å². The molecule has 1 fully saturated rings. The van der Waals surface area contributed by atoms with Crippen LogP contribution in [0, 0.1) is 5.82 Å². The average Bonchev–Trinajstić information content (AvgIpc) is 3.38. The van der Waals surface area contributed by atoms with Crippen molar-refractivity contribution in [2.24, 2.45) is 4.99 Å². The highest BCUT2D eigenvalue weighted by atomic mass is 79.9. The Balaban J connectivity index is 1.71. The number of thiazole rings is 1. The third-order valence-electron chi connectivity index (χ3n) is 5.80. The predicted octanol–water partition coefficient (Wildman–Crippen LogP) is 3.52. The lowest BCUT2D eigenvalue weighted by atomic mass is 9.95. The maximum atomic E-state index is 13.9. The van der Waals surface area contributed by atoms with Crippen LogP contribution in [-0.2, 0) is 19.1 Å². The Morgan fingerprint density at radius 3 is 2.94 bits per heavy atom. The van der Waals surface area contributed by atoms with E-state index in [1.807, 2.05) is 5.38 Å². The van der Waals surface area contributed by atoms with Gasteiger partial charge in [-0.3, -0.25) is 14.7 Å². The molecular weight excluding hydrogens is 555 g/mol. The zero-order valence-corrected chi connectivity index (χ0v) is 22.0. The lowest BCUT2D eigenvalue weighted by molar-refractivity contribution is -0.139. The van der Waals surface area contributed by atoms with Gasteiger partial charge >= 0.3 is 11.9 Å². The summed E-state index contributed by atoms with van der Waals surface area (Å²) in [6.45, 7) is 3.86. The molecule has 2 N–H and O–H groups in total. The van der Waals surface area contributed by atoms with Gasteiger partial charge in [0, 0.05) is 47.8 Å². The SMILES string of the molecule is CCOC(=O)C1=C(CN2CCO[C@H](CCC(=O)O)C2)NC(c2nccs2)=N[C@@H]1c1ccc(F)cc1Br. The van der Waals surface area contributed by atoms with Crippen molar-refractivity contribution in [2.75, 3.05) is 32.8 Å². The minimum atomic E-state index is -0.867. The molecule has 0 saturated carbocycles. The van der Waals surface area contributed by atoms with Gasteiger partial charge in [0.1, 0.15) is 11.9 Å². The van der Waals surface area contributed by atoms with Gasteiger partial charge in [-0.05, 0) is 31.0 Å². The molecule has 12 heteroatoms. The van der Waals surface area contributed by atoms with Gasteiger partial charge in [-0.1, -0.05) is 22.0 Å². The van der Waals surface area contributed by atoms with Gasteiger partial charge in [-0.15, -0.1) is 11.3 Å². The zero-order valence-electron chi connectivity index (χ0n) is 19.6. The number of amidine groups is 1. The van der Waals surface area contributed by atoms with E-state index in [0.29, 0.717) is 64.8 Å². The second-order valence-corrected chi connectivity index (χ2v) is 10.0. The molecule has 0 spiro atoms. The molecule has 2 aliphatic heterocycles. The fourth-order valence-corrected chi connectivity index (χ4v) is 5.33. The monoisotopic (exact) mass is 580 g/mol. The zero-order chi connectivity index (χ0) is 25.7. The van der Waals surface area contributed by atoms with Crippen molar-refractivity contribution in [3.63, 3.8) is 0 Å². The van der Waals surface area contributed by atoms with Crippen LogP contribution in [0.3, 0.4) is 0 Å². The number of esters is 1. The van der Waals surface area contributed by atoms with Gasteiger partial charge in [0.15, 0.2) is 10.8 Å². The predicted molar refractivity (Wildman–Crippen MR) is 135 cm³/mol. The molecule has 0 bridgehead atoms. The number of aliphatic carboxylic acids is 1. The van der Waals surface area contributed by atoms with E-state index in [1.165, 1.54) is 23.5 Å². The number of halogens is 2. The molecule has 0 amide bonds. The lowest BCUT2D eigenvalue weighted by Crippen LogP contribution is -2.46. The fraction of sp³-hybridized carbons (Fsp3) is 0.417. The smallest absolute Gasteiger partial charge is 0.338 e. The van der Waals surface area contributed by atoms with Crippen LogP contribution in [0.4, 0.5) is 4.39 Å². The van der Waals surface area contributed by atoms with Gasteiger partial charge in [0.25, 0.3) is 0 Å². The Bertz CT molecular complexity index is 1170. The number of rotatable bonds is 9. The summed E-state index contributed by atoms with van der Waals surface area (Å²) >= 11 is 4.84. The van der Waals surface area contributed by atoms with Crippen LogP contribution in [0.1, 0.15) is 36.4 Å². The molecule has 0 aliphatic carbocycles. The molecule has 4 rings (SSSR count). The summed E-state index contributed by atoms with van der Waals surface area (Å²) < 4.78 is 25.5. The third kappa shape index (κ3) is 6.36. The number of morpholine rings is 1. The molecule has 9 nitrogen and oxygen atoms in total. The highest BCUT2D eigenvalue weighted by Gasteiger charge is 2.35. The highest BCUT2D eigenvalue weighted by Crippen LogP contribution is 2.37. The number of aromatic nitrogens is 1. The van der Waals surface area contributed by atoms with E-state index < -0.39 is 23.8 Å². The molecular formula is C24H26BrFN4O5S. The molecule has 1 saturated heterocycles. The maximum absolute atomic E-state index is 13.9. The fourth-order valence-electron chi connectivity index (χ4n) is 4.17. The van der Waals surface area contributed by atoms with Crippen molar-refractivity contribution in [1.82, 2.24) is 15.2 Å². The first kappa shape index (κ1) is 26.4. The summed E-state index contributed by atoms with van der Waals surface area (Å²) in [7, 11) is 0.